The summed E-state index contributed by atoms with van der Waals surface area (Å²) in [5.41, 5.74) is 2.20. The number of carbonyl (C=O) groups excluding carboxylic acids is 1. The predicted molar refractivity (Wildman–Crippen MR) is 134 cm³/mol. The molecule has 2 atom stereocenters. The monoisotopic (exact) mass is 492 g/mol. The van der Waals surface area contributed by atoms with Gasteiger partial charge in [-0.3, -0.25) is 4.79 Å². The number of unbranched alkanes of at least 4 members (excludes halogenated alkanes) is 1. The van der Waals surface area contributed by atoms with Crippen LogP contribution in [0, 0.1) is 0 Å². The SMILES string of the molecule is CCCCc1cc(=O)oc2cc(O[C@@H](C)C(=O)N[C@@H](Cc3c[nH]c4ccc(O)cc34)C(=O)O)ccc12. The Morgan fingerprint density at radius 1 is 1.11 bits per heavy atom. The standard InChI is InChI=1S/C27H28N2O7/c1-3-4-5-16-11-25(31)36-24-13-19(7-8-20(16)24)35-15(2)26(32)29-23(27(33)34)10-17-14-28-22-9-6-18(30)12-21(17)22/h6-9,11-15,23,28,30H,3-5,10H2,1-2H3,(H,29,32)(H,33,34)/t15-,23-/m0/s1. The third kappa shape index (κ3) is 5.51. The third-order valence-electron chi connectivity index (χ3n) is 6.07. The first-order valence-electron chi connectivity index (χ1n) is 11.8. The van der Waals surface area contributed by atoms with Gasteiger partial charge >= 0.3 is 11.6 Å². The lowest BCUT2D eigenvalue weighted by molar-refractivity contribution is -0.142. The number of benzene rings is 2. The number of fused-ring (bicyclic) bond motifs is 2. The van der Waals surface area contributed by atoms with Gasteiger partial charge in [0.2, 0.25) is 0 Å². The Labute approximate surface area is 206 Å². The summed E-state index contributed by atoms with van der Waals surface area (Å²) in [5.74, 6) is -1.43. The fourth-order valence-corrected chi connectivity index (χ4v) is 4.16. The van der Waals surface area contributed by atoms with Crippen LogP contribution in [0.5, 0.6) is 11.5 Å². The van der Waals surface area contributed by atoms with Crippen LogP contribution in [0.25, 0.3) is 21.9 Å². The highest BCUT2D eigenvalue weighted by atomic mass is 16.5. The Morgan fingerprint density at radius 2 is 1.92 bits per heavy atom. The van der Waals surface area contributed by atoms with Crippen LogP contribution < -0.4 is 15.7 Å². The molecule has 0 aliphatic carbocycles. The maximum Gasteiger partial charge on any atom is 0.336 e. The number of ether oxygens (including phenoxy) is 1. The van der Waals surface area contributed by atoms with E-state index in [9.17, 15) is 24.6 Å². The Bertz CT molecular complexity index is 1470. The zero-order valence-electron chi connectivity index (χ0n) is 20.0. The summed E-state index contributed by atoms with van der Waals surface area (Å²) in [7, 11) is 0. The Hall–Kier alpha value is -4.27. The second kappa shape index (κ2) is 10.6. The summed E-state index contributed by atoms with van der Waals surface area (Å²) in [6.45, 7) is 3.59. The molecule has 0 saturated carbocycles. The van der Waals surface area contributed by atoms with Gasteiger partial charge in [0.25, 0.3) is 5.91 Å². The van der Waals surface area contributed by atoms with Gasteiger partial charge in [-0.05, 0) is 61.2 Å². The minimum atomic E-state index is -1.21. The van der Waals surface area contributed by atoms with Crippen molar-refractivity contribution >= 4 is 33.7 Å². The van der Waals surface area contributed by atoms with Gasteiger partial charge in [-0.1, -0.05) is 13.3 Å². The van der Waals surface area contributed by atoms with Crippen molar-refractivity contribution in [2.75, 3.05) is 0 Å². The zero-order chi connectivity index (χ0) is 25.8. The summed E-state index contributed by atoms with van der Waals surface area (Å²) in [6.07, 6.45) is 3.35. The van der Waals surface area contributed by atoms with Gasteiger partial charge in [0, 0.05) is 41.0 Å². The van der Waals surface area contributed by atoms with Crippen molar-refractivity contribution in [3.63, 3.8) is 0 Å². The molecule has 4 rings (SSSR count). The molecule has 0 aliphatic rings. The second-order valence-corrected chi connectivity index (χ2v) is 8.76. The number of carboxylic acid groups (broad SMARTS) is 1. The van der Waals surface area contributed by atoms with Crippen LogP contribution in [0.3, 0.4) is 0 Å². The van der Waals surface area contributed by atoms with E-state index in [1.54, 1.807) is 36.5 Å². The van der Waals surface area contributed by atoms with Gasteiger partial charge in [-0.25, -0.2) is 9.59 Å². The topological polar surface area (TPSA) is 142 Å². The van der Waals surface area contributed by atoms with Crippen LogP contribution in [0.4, 0.5) is 0 Å². The molecule has 0 spiro atoms. The maximum absolute atomic E-state index is 12.8. The number of rotatable bonds is 10. The second-order valence-electron chi connectivity index (χ2n) is 8.76. The molecule has 0 fully saturated rings. The van der Waals surface area contributed by atoms with Gasteiger partial charge in [-0.2, -0.15) is 0 Å². The molecule has 0 aliphatic heterocycles. The predicted octanol–water partition coefficient (Wildman–Crippen LogP) is 3.90. The van der Waals surface area contributed by atoms with Gasteiger partial charge in [-0.15, -0.1) is 0 Å². The number of aromatic hydroxyl groups is 1. The molecule has 36 heavy (non-hydrogen) atoms. The number of carboxylic acids is 1. The molecule has 9 heteroatoms. The van der Waals surface area contributed by atoms with Crippen LogP contribution in [-0.4, -0.2) is 39.2 Å². The van der Waals surface area contributed by atoms with Gasteiger partial charge < -0.3 is 29.7 Å². The van der Waals surface area contributed by atoms with Gasteiger partial charge in [0.15, 0.2) is 6.10 Å². The first kappa shape index (κ1) is 24.8. The normalized spacial score (nSPS) is 12.9. The molecule has 9 nitrogen and oxygen atoms in total. The molecule has 2 heterocycles. The van der Waals surface area contributed by atoms with E-state index in [2.05, 4.69) is 17.2 Å². The average molecular weight is 493 g/mol. The number of hydrogen-bond donors (Lipinski definition) is 4. The first-order chi connectivity index (χ1) is 17.2. The zero-order valence-corrected chi connectivity index (χ0v) is 20.0. The average Bonchev–Trinajstić information content (AvgIpc) is 3.23. The lowest BCUT2D eigenvalue weighted by Crippen LogP contribution is -2.47. The summed E-state index contributed by atoms with van der Waals surface area (Å²) in [5, 5.41) is 23.5. The summed E-state index contributed by atoms with van der Waals surface area (Å²) in [6, 6.07) is 10.1. The number of nitrogens with one attached hydrogen (secondary N) is 2. The fourth-order valence-electron chi connectivity index (χ4n) is 4.16. The summed E-state index contributed by atoms with van der Waals surface area (Å²) < 4.78 is 11.1. The number of phenols is 1. The Morgan fingerprint density at radius 3 is 2.67 bits per heavy atom. The maximum atomic E-state index is 12.8. The van der Waals surface area contributed by atoms with E-state index in [1.807, 2.05) is 0 Å². The van der Waals surface area contributed by atoms with Crippen molar-refractivity contribution in [1.82, 2.24) is 10.3 Å². The van der Waals surface area contributed by atoms with E-state index < -0.39 is 29.6 Å². The number of hydrogen-bond acceptors (Lipinski definition) is 6. The summed E-state index contributed by atoms with van der Waals surface area (Å²) >= 11 is 0. The quantitative estimate of drug-likeness (QED) is 0.246. The minimum absolute atomic E-state index is 0.0128. The van der Waals surface area contributed by atoms with Crippen molar-refractivity contribution in [1.29, 1.82) is 0 Å². The third-order valence-corrected chi connectivity index (χ3v) is 6.07. The lowest BCUT2D eigenvalue weighted by Gasteiger charge is -2.19. The highest BCUT2D eigenvalue weighted by Crippen LogP contribution is 2.26. The summed E-state index contributed by atoms with van der Waals surface area (Å²) in [4.78, 5) is 39.7. The van der Waals surface area contributed by atoms with E-state index in [-0.39, 0.29) is 12.2 Å². The van der Waals surface area contributed by atoms with E-state index in [0.29, 0.717) is 22.3 Å². The molecule has 2 aromatic heterocycles. The van der Waals surface area contributed by atoms with Crippen LogP contribution >= 0.6 is 0 Å². The van der Waals surface area contributed by atoms with E-state index in [4.69, 9.17) is 9.15 Å². The molecule has 2 aromatic carbocycles. The Balaban J connectivity index is 1.47. The van der Waals surface area contributed by atoms with Crippen molar-refractivity contribution in [2.45, 2.75) is 51.7 Å². The molecule has 0 radical (unpaired) electrons. The molecule has 0 unspecified atom stereocenters. The van der Waals surface area contributed by atoms with Crippen LogP contribution in [0.2, 0.25) is 0 Å². The van der Waals surface area contributed by atoms with Gasteiger partial charge in [0.1, 0.15) is 23.1 Å². The minimum Gasteiger partial charge on any atom is -0.508 e. The lowest BCUT2D eigenvalue weighted by atomic mass is 10.0. The van der Waals surface area contributed by atoms with Gasteiger partial charge in [0.05, 0.1) is 0 Å². The molecule has 1 amide bonds. The number of aromatic nitrogens is 1. The number of phenolic OH excluding ortho intramolecular Hbond substituents is 1. The Kier molecular flexibility index (Phi) is 7.28. The van der Waals surface area contributed by atoms with E-state index in [1.165, 1.54) is 19.1 Å². The number of aryl methyl sites for hydroxylation is 1. The van der Waals surface area contributed by atoms with Crippen molar-refractivity contribution in [3.8, 4) is 11.5 Å². The first-order valence-corrected chi connectivity index (χ1v) is 11.8. The fraction of sp³-hybridized carbons (Fsp3) is 0.296. The molecule has 188 valence electrons. The molecule has 4 N–H and O–H groups in total. The van der Waals surface area contributed by atoms with E-state index >= 15 is 0 Å². The van der Waals surface area contributed by atoms with Crippen LogP contribution in [0.1, 0.15) is 37.8 Å². The highest BCUT2D eigenvalue weighted by molar-refractivity contribution is 5.89. The molecular weight excluding hydrogens is 464 g/mol. The number of amides is 1. The number of carbonyl (C=O) groups is 2. The van der Waals surface area contributed by atoms with Crippen molar-refractivity contribution < 1.29 is 29.0 Å². The molecule has 0 saturated heterocycles. The molecular formula is C27H28N2O7. The van der Waals surface area contributed by atoms with Crippen LogP contribution in [0.15, 0.2) is 57.9 Å². The van der Waals surface area contributed by atoms with Crippen LogP contribution in [-0.2, 0) is 22.4 Å². The largest absolute Gasteiger partial charge is 0.508 e. The molecule has 4 aromatic rings. The highest BCUT2D eigenvalue weighted by Gasteiger charge is 2.25. The number of aliphatic carboxylic acids is 1. The number of aromatic amines is 1. The smallest absolute Gasteiger partial charge is 0.336 e. The molecule has 0 bridgehead atoms. The number of H-pyrrole nitrogens is 1. The van der Waals surface area contributed by atoms with E-state index in [0.717, 1.165) is 35.7 Å². The van der Waals surface area contributed by atoms with Crippen molar-refractivity contribution in [2.24, 2.45) is 0 Å². The van der Waals surface area contributed by atoms with Crippen molar-refractivity contribution in [3.05, 3.63) is 70.2 Å².